The van der Waals surface area contributed by atoms with Gasteiger partial charge in [0.1, 0.15) is 0 Å². The Balaban J connectivity index is 1.04. The average molecular weight is 852 g/mol. The first-order chi connectivity index (χ1) is 33.2. The quantitative estimate of drug-likeness (QED) is 0.118. The van der Waals surface area contributed by atoms with Crippen molar-refractivity contribution in [2.45, 2.75) is 5.41 Å². The van der Waals surface area contributed by atoms with Crippen LogP contribution >= 0.6 is 0 Å². The van der Waals surface area contributed by atoms with Crippen molar-refractivity contribution in [3.8, 4) is 67.5 Å². The average Bonchev–Trinajstić information content (AvgIpc) is 3.72. The fourth-order valence-corrected chi connectivity index (χ4v) is 10.9. The highest BCUT2D eigenvalue weighted by Crippen LogP contribution is 2.58. The van der Waals surface area contributed by atoms with Gasteiger partial charge in [-0.2, -0.15) is 0 Å². The molecule has 11 aromatic carbocycles. The zero-order valence-corrected chi connectivity index (χ0v) is 36.5. The minimum absolute atomic E-state index is 0.559. The molecule has 13 rings (SSSR count). The maximum absolute atomic E-state index is 5.47. The number of hydrogen-bond donors (Lipinski definition) is 0. The Bertz CT molecular complexity index is 3800. The minimum atomic E-state index is -0.559. The number of nitrogens with zero attached hydrogens (tertiary/aromatic N) is 3. The molecule has 0 unspecified atom stereocenters. The molecule has 3 heteroatoms. The van der Waals surface area contributed by atoms with Crippen molar-refractivity contribution < 1.29 is 0 Å². The lowest BCUT2D eigenvalue weighted by Crippen LogP contribution is -2.28. The van der Waals surface area contributed by atoms with Crippen LogP contribution < -0.4 is 0 Å². The van der Waals surface area contributed by atoms with Crippen LogP contribution in [0.5, 0.6) is 0 Å². The summed E-state index contributed by atoms with van der Waals surface area (Å²) < 4.78 is 0. The second-order valence-electron chi connectivity index (χ2n) is 17.4. The number of benzene rings is 11. The van der Waals surface area contributed by atoms with Crippen LogP contribution in [0.1, 0.15) is 22.3 Å². The number of fused-ring (bicyclic) bond motifs is 7. The lowest BCUT2D eigenvalue weighted by atomic mass is 9.67. The normalized spacial score (nSPS) is 12.6. The molecule has 67 heavy (non-hydrogen) atoms. The maximum Gasteiger partial charge on any atom is 0.164 e. The molecule has 1 aliphatic rings. The lowest BCUT2D eigenvalue weighted by Gasteiger charge is -2.33. The molecule has 1 aliphatic carbocycles. The Morgan fingerprint density at radius 1 is 0.254 bits per heavy atom. The summed E-state index contributed by atoms with van der Waals surface area (Å²) in [5.74, 6) is 1.86. The van der Waals surface area contributed by atoms with Crippen LogP contribution in [0.3, 0.4) is 0 Å². The van der Waals surface area contributed by atoms with Gasteiger partial charge in [-0.1, -0.05) is 243 Å². The molecule has 0 amide bonds. The van der Waals surface area contributed by atoms with Gasteiger partial charge in [0.2, 0.25) is 0 Å². The molecule has 312 valence electrons. The van der Waals surface area contributed by atoms with E-state index in [1.807, 2.05) is 0 Å². The van der Waals surface area contributed by atoms with Crippen LogP contribution in [-0.2, 0) is 5.41 Å². The van der Waals surface area contributed by atoms with E-state index in [0.29, 0.717) is 17.5 Å². The highest BCUT2D eigenvalue weighted by atomic mass is 15.0. The van der Waals surface area contributed by atoms with E-state index in [1.165, 1.54) is 65.7 Å². The second-order valence-corrected chi connectivity index (χ2v) is 17.4. The van der Waals surface area contributed by atoms with Crippen molar-refractivity contribution in [1.29, 1.82) is 0 Å². The summed E-state index contributed by atoms with van der Waals surface area (Å²) in [5, 5.41) is 7.41. The van der Waals surface area contributed by atoms with Crippen LogP contribution in [0.25, 0.3) is 99.9 Å². The standard InChI is InChI=1S/C64H41N3/c1-4-19-42(20-5-1)49-27-14-15-30-53(49)62-65-61(45-37-35-44(36-38-45)59-51-29-13-11-22-46(51)41-56-50-28-12-10-21-43(50)39-40-52(56)59)66-63(67-62)55-32-18-34-58-60(55)54-31-16-17-33-57(54)64(58,47-23-6-2-7-24-47)48-25-8-3-9-26-48/h1-41H. The maximum atomic E-state index is 5.47. The van der Waals surface area contributed by atoms with E-state index in [4.69, 9.17) is 15.0 Å². The van der Waals surface area contributed by atoms with E-state index in [9.17, 15) is 0 Å². The zero-order valence-electron chi connectivity index (χ0n) is 36.5. The van der Waals surface area contributed by atoms with Crippen LogP contribution in [-0.4, -0.2) is 15.0 Å². The summed E-state index contributed by atoms with van der Waals surface area (Å²) in [6.45, 7) is 0. The van der Waals surface area contributed by atoms with Crippen molar-refractivity contribution in [2.24, 2.45) is 0 Å². The van der Waals surface area contributed by atoms with Crippen molar-refractivity contribution in [1.82, 2.24) is 15.0 Å². The zero-order chi connectivity index (χ0) is 44.3. The second kappa shape index (κ2) is 15.7. The van der Waals surface area contributed by atoms with Crippen molar-refractivity contribution in [2.75, 3.05) is 0 Å². The van der Waals surface area contributed by atoms with Gasteiger partial charge in [-0.25, -0.2) is 15.0 Å². The molecule has 0 N–H and O–H groups in total. The predicted octanol–water partition coefficient (Wildman–Crippen LogP) is 16.0. The fraction of sp³-hybridized carbons (Fsp3) is 0.0156. The molecule has 3 nitrogen and oxygen atoms in total. The lowest BCUT2D eigenvalue weighted by molar-refractivity contribution is 0.768. The molecule has 1 heterocycles. The van der Waals surface area contributed by atoms with Gasteiger partial charge in [0.15, 0.2) is 17.5 Å². The van der Waals surface area contributed by atoms with E-state index in [1.54, 1.807) is 0 Å². The molecule has 0 saturated heterocycles. The molecule has 0 radical (unpaired) electrons. The highest BCUT2D eigenvalue weighted by molar-refractivity contribution is 6.20. The monoisotopic (exact) mass is 851 g/mol. The number of hydrogen-bond acceptors (Lipinski definition) is 3. The molecule has 0 spiro atoms. The largest absolute Gasteiger partial charge is 0.208 e. The van der Waals surface area contributed by atoms with Crippen LogP contribution in [0.2, 0.25) is 0 Å². The Morgan fingerprint density at radius 3 is 1.51 bits per heavy atom. The van der Waals surface area contributed by atoms with Crippen LogP contribution in [0.15, 0.2) is 249 Å². The first-order valence-electron chi connectivity index (χ1n) is 22.9. The smallest absolute Gasteiger partial charge is 0.164 e. The first-order valence-corrected chi connectivity index (χ1v) is 22.9. The Morgan fingerprint density at radius 2 is 0.776 bits per heavy atom. The molecule has 1 aromatic heterocycles. The van der Waals surface area contributed by atoms with Gasteiger partial charge in [0.25, 0.3) is 0 Å². The van der Waals surface area contributed by atoms with Crippen molar-refractivity contribution in [3.05, 3.63) is 271 Å². The van der Waals surface area contributed by atoms with Crippen molar-refractivity contribution >= 4 is 32.3 Å². The van der Waals surface area contributed by atoms with Gasteiger partial charge in [0.05, 0.1) is 5.41 Å². The molecule has 0 saturated carbocycles. The third-order valence-corrected chi connectivity index (χ3v) is 13.8. The van der Waals surface area contributed by atoms with Gasteiger partial charge >= 0.3 is 0 Å². The molecule has 0 aliphatic heterocycles. The number of rotatable bonds is 7. The van der Waals surface area contributed by atoms with Gasteiger partial charge in [-0.15, -0.1) is 0 Å². The van der Waals surface area contributed by atoms with Gasteiger partial charge in [-0.3, -0.25) is 0 Å². The van der Waals surface area contributed by atoms with E-state index < -0.39 is 5.41 Å². The van der Waals surface area contributed by atoms with Crippen LogP contribution in [0.4, 0.5) is 0 Å². The third kappa shape index (κ3) is 6.16. The van der Waals surface area contributed by atoms with E-state index >= 15 is 0 Å². The molecule has 0 atom stereocenters. The summed E-state index contributed by atoms with van der Waals surface area (Å²) >= 11 is 0. The van der Waals surface area contributed by atoms with Gasteiger partial charge in [0, 0.05) is 16.7 Å². The Labute approximate surface area is 389 Å². The van der Waals surface area contributed by atoms with E-state index in [0.717, 1.165) is 38.9 Å². The Hall–Kier alpha value is -8.79. The summed E-state index contributed by atoms with van der Waals surface area (Å²) in [4.78, 5) is 16.3. The molecule has 12 aromatic rings. The number of aromatic nitrogens is 3. The topological polar surface area (TPSA) is 38.7 Å². The van der Waals surface area contributed by atoms with Crippen LogP contribution in [0, 0.1) is 0 Å². The fourth-order valence-electron chi connectivity index (χ4n) is 10.9. The summed E-state index contributed by atoms with van der Waals surface area (Å²) in [6.07, 6.45) is 0. The molecular formula is C64H41N3. The molecule has 0 bridgehead atoms. The summed E-state index contributed by atoms with van der Waals surface area (Å²) in [7, 11) is 0. The summed E-state index contributed by atoms with van der Waals surface area (Å²) in [5.41, 5.74) is 14.0. The van der Waals surface area contributed by atoms with Gasteiger partial charge < -0.3 is 0 Å². The SMILES string of the molecule is c1ccc(-c2ccccc2-c2nc(-c3ccc(-c4c5ccccc5cc5c4ccc4ccccc45)cc3)nc(-c3cccc4c3-c3ccccc3C4(c3ccccc3)c3ccccc3)n2)cc1. The minimum Gasteiger partial charge on any atom is -0.208 e. The molecule has 0 fully saturated rings. The van der Waals surface area contributed by atoms with E-state index in [2.05, 4.69) is 249 Å². The van der Waals surface area contributed by atoms with Crippen molar-refractivity contribution in [3.63, 3.8) is 0 Å². The third-order valence-electron chi connectivity index (χ3n) is 13.8. The Kier molecular flexibility index (Phi) is 9.07. The summed E-state index contributed by atoms with van der Waals surface area (Å²) in [6, 6.07) is 89.4. The molecular weight excluding hydrogens is 811 g/mol. The highest BCUT2D eigenvalue weighted by Gasteiger charge is 2.47. The first kappa shape index (κ1) is 38.6. The predicted molar refractivity (Wildman–Crippen MR) is 277 cm³/mol. The van der Waals surface area contributed by atoms with E-state index in [-0.39, 0.29) is 0 Å². The van der Waals surface area contributed by atoms with Gasteiger partial charge in [-0.05, 0) is 94.0 Å².